The predicted molar refractivity (Wildman–Crippen MR) is 135 cm³/mol. The van der Waals surface area contributed by atoms with Crippen LogP contribution in [0.5, 0.6) is 0 Å². The Morgan fingerprint density at radius 3 is 2.64 bits per heavy atom. The number of para-hydroxylation sites is 1. The number of pyridine rings is 1. The lowest BCUT2D eigenvalue weighted by Gasteiger charge is -2.32. The van der Waals surface area contributed by atoms with Crippen LogP contribution in [0, 0.1) is 11.3 Å². The van der Waals surface area contributed by atoms with Crippen molar-refractivity contribution in [1.82, 2.24) is 20.0 Å². The summed E-state index contributed by atoms with van der Waals surface area (Å²) in [4.78, 5) is 38.2. The lowest BCUT2D eigenvalue weighted by Crippen LogP contribution is -2.42. The predicted octanol–water partition coefficient (Wildman–Crippen LogP) is 3.32. The first-order chi connectivity index (χ1) is 17.4. The monoisotopic (exact) mass is 487 g/mol. The summed E-state index contributed by atoms with van der Waals surface area (Å²) in [6.07, 6.45) is 3.32. The number of hydrogen-bond donors (Lipinski definition) is 2. The molecule has 10 heteroatoms. The molecule has 2 fully saturated rings. The number of piperidine rings is 1. The van der Waals surface area contributed by atoms with E-state index in [1.54, 1.807) is 25.1 Å². The van der Waals surface area contributed by atoms with Crippen LogP contribution in [0.4, 0.5) is 11.4 Å². The fraction of sp³-hybridized carbons (Fsp3) is 0.385. The molecule has 0 bridgehead atoms. The maximum atomic E-state index is 13.2. The van der Waals surface area contributed by atoms with E-state index >= 15 is 0 Å². The zero-order chi connectivity index (χ0) is 25.2. The zero-order valence-electron chi connectivity index (χ0n) is 20.4. The van der Waals surface area contributed by atoms with Gasteiger partial charge in [-0.15, -0.1) is 0 Å². The number of likely N-dealkylation sites (tertiary alicyclic amines) is 1. The van der Waals surface area contributed by atoms with Crippen molar-refractivity contribution in [2.24, 2.45) is 5.92 Å². The van der Waals surface area contributed by atoms with E-state index in [1.165, 1.54) is 0 Å². The Balaban J connectivity index is 1.20. The Kier molecular flexibility index (Phi) is 6.49. The standard InChI is InChI=1S/C26H29N7O3/c1-16(27)20-14-29-22(13-21(20)28-2)24-30-25(36-31-24)17-8-10-32(11-9-17)26(35)18-12-23(34)33(15-18)19-6-4-3-5-7-19/h3-7,13-14,17-18,27H,8-12,15H2,1-2H3,(H,28,29). The molecular weight excluding hydrogens is 458 g/mol. The minimum atomic E-state index is -0.315. The maximum Gasteiger partial charge on any atom is 0.230 e. The fourth-order valence-electron chi connectivity index (χ4n) is 4.92. The summed E-state index contributed by atoms with van der Waals surface area (Å²) in [7, 11) is 1.79. The summed E-state index contributed by atoms with van der Waals surface area (Å²) in [5, 5.41) is 15.1. The highest BCUT2D eigenvalue weighted by molar-refractivity contribution is 6.01. The molecule has 2 aliphatic heterocycles. The molecule has 5 rings (SSSR count). The molecule has 1 aromatic carbocycles. The molecule has 186 valence electrons. The highest BCUT2D eigenvalue weighted by atomic mass is 16.5. The number of benzene rings is 1. The van der Waals surface area contributed by atoms with Gasteiger partial charge in [0.25, 0.3) is 0 Å². The second kappa shape index (κ2) is 9.88. The number of carbonyl (C=O) groups is 2. The van der Waals surface area contributed by atoms with Crippen LogP contribution >= 0.6 is 0 Å². The summed E-state index contributed by atoms with van der Waals surface area (Å²) in [6, 6.07) is 11.3. The lowest BCUT2D eigenvalue weighted by atomic mass is 9.95. The first kappa shape index (κ1) is 23.7. The smallest absolute Gasteiger partial charge is 0.230 e. The third kappa shape index (κ3) is 4.58. The number of hydrogen-bond acceptors (Lipinski definition) is 8. The molecule has 0 aliphatic carbocycles. The number of aromatic nitrogens is 3. The topological polar surface area (TPSA) is 128 Å². The second-order valence-corrected chi connectivity index (χ2v) is 9.29. The maximum absolute atomic E-state index is 13.2. The van der Waals surface area contributed by atoms with Crippen LogP contribution in [0.3, 0.4) is 0 Å². The van der Waals surface area contributed by atoms with Crippen LogP contribution in [0.1, 0.15) is 43.6 Å². The van der Waals surface area contributed by atoms with Gasteiger partial charge in [0, 0.05) is 67.9 Å². The molecule has 1 unspecified atom stereocenters. The van der Waals surface area contributed by atoms with E-state index in [0.29, 0.717) is 42.8 Å². The van der Waals surface area contributed by atoms with E-state index in [9.17, 15) is 9.59 Å². The van der Waals surface area contributed by atoms with Crippen molar-refractivity contribution in [1.29, 1.82) is 5.41 Å². The number of nitrogens with zero attached hydrogens (tertiary/aromatic N) is 5. The number of nitrogens with one attached hydrogen (secondary N) is 2. The van der Waals surface area contributed by atoms with Gasteiger partial charge in [0.05, 0.1) is 5.92 Å². The SMILES string of the molecule is CNc1cc(-c2noc(C3CCN(C(=O)C4CC(=O)N(c5ccccc5)C4)CC3)n2)ncc1C(C)=N. The molecule has 10 nitrogen and oxygen atoms in total. The van der Waals surface area contributed by atoms with E-state index in [0.717, 1.165) is 29.8 Å². The summed E-state index contributed by atoms with van der Waals surface area (Å²) in [5.74, 6) is 0.726. The molecule has 36 heavy (non-hydrogen) atoms. The van der Waals surface area contributed by atoms with Gasteiger partial charge in [0.2, 0.25) is 23.5 Å². The van der Waals surface area contributed by atoms with Crippen molar-refractivity contribution in [3.63, 3.8) is 0 Å². The van der Waals surface area contributed by atoms with Crippen LogP contribution in [0.2, 0.25) is 0 Å². The molecule has 2 amide bonds. The Morgan fingerprint density at radius 2 is 1.94 bits per heavy atom. The average molecular weight is 488 g/mol. The molecule has 1 atom stereocenters. The summed E-state index contributed by atoms with van der Waals surface area (Å²) in [5.41, 5.74) is 3.33. The summed E-state index contributed by atoms with van der Waals surface area (Å²) in [6.45, 7) is 3.32. The van der Waals surface area contributed by atoms with Gasteiger partial charge < -0.3 is 25.0 Å². The Bertz CT molecular complexity index is 1280. The molecular formula is C26H29N7O3. The second-order valence-electron chi connectivity index (χ2n) is 9.29. The van der Waals surface area contributed by atoms with E-state index < -0.39 is 0 Å². The third-order valence-corrected chi connectivity index (χ3v) is 6.95. The normalized spacial score (nSPS) is 18.5. The van der Waals surface area contributed by atoms with E-state index in [2.05, 4.69) is 20.4 Å². The molecule has 2 N–H and O–H groups in total. The van der Waals surface area contributed by atoms with Gasteiger partial charge in [0.15, 0.2) is 0 Å². The number of rotatable bonds is 6. The van der Waals surface area contributed by atoms with Crippen LogP contribution in [0.25, 0.3) is 11.5 Å². The molecule has 2 aromatic heterocycles. The van der Waals surface area contributed by atoms with Crippen molar-refractivity contribution in [3.05, 3.63) is 54.0 Å². The first-order valence-electron chi connectivity index (χ1n) is 12.2. The van der Waals surface area contributed by atoms with Gasteiger partial charge in [-0.25, -0.2) is 0 Å². The van der Waals surface area contributed by atoms with E-state index in [4.69, 9.17) is 9.93 Å². The third-order valence-electron chi connectivity index (χ3n) is 6.95. The fourth-order valence-corrected chi connectivity index (χ4v) is 4.92. The average Bonchev–Trinajstić information content (AvgIpc) is 3.56. The van der Waals surface area contributed by atoms with Gasteiger partial charge in [-0.05, 0) is 38.0 Å². The van der Waals surface area contributed by atoms with Crippen LogP contribution in [-0.2, 0) is 9.59 Å². The van der Waals surface area contributed by atoms with Crippen LogP contribution < -0.4 is 10.2 Å². The molecule has 0 radical (unpaired) electrons. The van der Waals surface area contributed by atoms with Crippen molar-refractivity contribution >= 4 is 28.9 Å². The lowest BCUT2D eigenvalue weighted by molar-refractivity contribution is -0.136. The van der Waals surface area contributed by atoms with Crippen molar-refractivity contribution in [2.45, 2.75) is 32.1 Å². The number of carbonyl (C=O) groups excluding carboxylic acids is 2. The van der Waals surface area contributed by atoms with E-state index in [-0.39, 0.29) is 30.1 Å². The molecule has 3 aromatic rings. The molecule has 4 heterocycles. The highest BCUT2D eigenvalue weighted by Crippen LogP contribution is 2.31. The highest BCUT2D eigenvalue weighted by Gasteiger charge is 2.38. The van der Waals surface area contributed by atoms with Crippen molar-refractivity contribution in [3.8, 4) is 11.5 Å². The quantitative estimate of drug-likeness (QED) is 0.511. The van der Waals surface area contributed by atoms with Crippen LogP contribution in [-0.4, -0.2) is 64.2 Å². The summed E-state index contributed by atoms with van der Waals surface area (Å²) < 4.78 is 5.56. The number of amides is 2. The minimum absolute atomic E-state index is 0.00771. The van der Waals surface area contributed by atoms with Gasteiger partial charge >= 0.3 is 0 Å². The Labute approximate surface area is 209 Å². The first-order valence-corrected chi connectivity index (χ1v) is 12.2. The minimum Gasteiger partial charge on any atom is -0.387 e. The summed E-state index contributed by atoms with van der Waals surface area (Å²) >= 11 is 0. The Hall–Kier alpha value is -4.08. The van der Waals surface area contributed by atoms with Gasteiger partial charge in [0.1, 0.15) is 5.69 Å². The van der Waals surface area contributed by atoms with Gasteiger partial charge in [-0.1, -0.05) is 23.4 Å². The molecule has 2 aliphatic rings. The Morgan fingerprint density at radius 1 is 1.19 bits per heavy atom. The molecule has 2 saturated heterocycles. The largest absolute Gasteiger partial charge is 0.387 e. The van der Waals surface area contributed by atoms with Crippen molar-refractivity contribution < 1.29 is 14.1 Å². The molecule has 0 spiro atoms. The zero-order valence-corrected chi connectivity index (χ0v) is 20.4. The number of anilines is 2. The van der Waals surface area contributed by atoms with E-state index in [1.807, 2.05) is 41.3 Å². The van der Waals surface area contributed by atoms with Crippen LogP contribution in [0.15, 0.2) is 47.1 Å². The van der Waals surface area contributed by atoms with Gasteiger partial charge in [-0.2, -0.15) is 4.98 Å². The van der Waals surface area contributed by atoms with Gasteiger partial charge in [-0.3, -0.25) is 14.6 Å². The molecule has 0 saturated carbocycles. The van der Waals surface area contributed by atoms with Crippen molar-refractivity contribution in [2.75, 3.05) is 36.9 Å².